The summed E-state index contributed by atoms with van der Waals surface area (Å²) < 4.78 is 23.3. The van der Waals surface area contributed by atoms with Gasteiger partial charge in [-0.1, -0.05) is 0 Å². The van der Waals surface area contributed by atoms with Crippen molar-refractivity contribution in [2.45, 2.75) is 0 Å². The summed E-state index contributed by atoms with van der Waals surface area (Å²) in [5.41, 5.74) is 0. The Morgan fingerprint density at radius 2 is 1.40 bits per heavy atom. The van der Waals surface area contributed by atoms with Gasteiger partial charge in [0.2, 0.25) is 0 Å². The molecule has 0 aromatic heterocycles. The van der Waals surface area contributed by atoms with Gasteiger partial charge in [-0.3, -0.25) is 0 Å². The average Bonchev–Trinajstić information content (AvgIpc) is 0.811. The Balaban J connectivity index is 0. The van der Waals surface area contributed by atoms with Crippen molar-refractivity contribution in [1.82, 2.24) is 0 Å². The summed E-state index contributed by atoms with van der Waals surface area (Å²) >= 11 is -3.79. The van der Waals surface area contributed by atoms with Crippen LogP contribution in [-0.4, -0.2) is 32.9 Å². The molecule has 0 bridgehead atoms. The van der Waals surface area contributed by atoms with Crippen LogP contribution in [0, 0.1) is 0 Å². The Morgan fingerprint density at radius 1 is 1.40 bits per heavy atom. The molecular weight excluding hydrogens is 183 g/mol. The summed E-state index contributed by atoms with van der Waals surface area (Å²) in [6.45, 7) is 0. The van der Waals surface area contributed by atoms with Crippen molar-refractivity contribution in [3.8, 4) is 0 Å². The second-order valence-electron chi connectivity index (χ2n) is 0.283. The van der Waals surface area contributed by atoms with Gasteiger partial charge in [-0.15, -0.1) is 0 Å². The quantitative estimate of drug-likeness (QED) is 0.412. The Bertz CT molecular complexity index is 26.6. The summed E-state index contributed by atoms with van der Waals surface area (Å²) in [5.74, 6) is 0. The predicted molar refractivity (Wildman–Crippen MR) is 14.5 cm³/mol. The molecule has 0 aromatic rings. The Labute approximate surface area is 36.6 Å². The molecule has 0 atom stereocenters. The van der Waals surface area contributed by atoms with Crippen LogP contribution in [-0.2, 0) is 3.08 Å². The first-order valence-corrected chi connectivity index (χ1v) is 4.37. The molecule has 0 saturated heterocycles. The normalized spacial score (nSPS) is 5.20. The topological polar surface area (TPSA) is 89.0 Å². The molecule has 4 N–H and O–H groups in total. The Kier molecular flexibility index (Phi) is 8.13. The molecule has 4 nitrogen and oxygen atoms in total. The molecule has 0 rings (SSSR count). The van der Waals surface area contributed by atoms with Gasteiger partial charge in [0.25, 0.3) is 0 Å². The maximum absolute atomic E-state index is 8.84. The third-order valence-electron chi connectivity index (χ3n) is 0. The molecule has 0 heterocycles. The van der Waals surface area contributed by atoms with E-state index in [1.54, 1.807) is 0 Å². The van der Waals surface area contributed by atoms with Crippen LogP contribution >= 0.6 is 0 Å². The molecule has 0 aliphatic rings. The summed E-state index contributed by atoms with van der Waals surface area (Å²) in [4.78, 5) is 0. The minimum atomic E-state index is -3.79. The van der Waals surface area contributed by atoms with Crippen molar-refractivity contribution in [3.05, 3.63) is 0 Å². The molecule has 5 heavy (non-hydrogen) atoms. The molecular formula is H4O4Sn. The van der Waals surface area contributed by atoms with Gasteiger partial charge < -0.3 is 5.48 Å². The van der Waals surface area contributed by atoms with Crippen molar-refractivity contribution in [2.75, 3.05) is 0 Å². The van der Waals surface area contributed by atoms with Crippen LogP contribution < -0.4 is 0 Å². The number of hydrogen-bond acceptors (Lipinski definition) is 1. The van der Waals surface area contributed by atoms with E-state index in [0.29, 0.717) is 0 Å². The van der Waals surface area contributed by atoms with Crippen molar-refractivity contribution < 1.29 is 15.4 Å². The zero-order valence-electron chi connectivity index (χ0n) is 2.30. The van der Waals surface area contributed by atoms with Crippen LogP contribution in [0.3, 0.4) is 0 Å². The summed E-state index contributed by atoms with van der Waals surface area (Å²) in [7, 11) is 0. The van der Waals surface area contributed by atoms with Gasteiger partial charge in [0, 0.05) is 0 Å². The fraction of sp³-hybridized carbons (Fsp3) is 0. The van der Waals surface area contributed by atoms with E-state index in [2.05, 4.69) is 0 Å². The first kappa shape index (κ1) is 9.08. The maximum atomic E-state index is 8.84. The predicted octanol–water partition coefficient (Wildman–Crippen LogP) is -2.44. The van der Waals surface area contributed by atoms with Gasteiger partial charge in [-0.25, -0.2) is 0 Å². The van der Waals surface area contributed by atoms with Crippen LogP contribution in [0.1, 0.15) is 0 Å². The molecule has 0 aliphatic carbocycles. The van der Waals surface area contributed by atoms with Gasteiger partial charge in [0.15, 0.2) is 0 Å². The molecule has 0 spiro atoms. The van der Waals surface area contributed by atoms with E-state index in [0.717, 1.165) is 0 Å². The van der Waals surface area contributed by atoms with Crippen LogP contribution in [0.15, 0.2) is 0 Å². The third kappa shape index (κ3) is 120. The number of hydrogen-bond donors (Lipinski definition) is 2. The second-order valence-corrected chi connectivity index (χ2v) is 1.90. The van der Waals surface area contributed by atoms with E-state index in [9.17, 15) is 0 Å². The van der Waals surface area contributed by atoms with Crippen LogP contribution in [0.5, 0.6) is 0 Å². The molecule has 32 valence electrons. The minimum absolute atomic E-state index is 0. The van der Waals surface area contributed by atoms with E-state index in [4.69, 9.17) is 9.96 Å². The van der Waals surface area contributed by atoms with Crippen LogP contribution in [0.4, 0.5) is 0 Å². The van der Waals surface area contributed by atoms with Gasteiger partial charge in [-0.05, 0) is 0 Å². The average molecular weight is 187 g/mol. The zero-order chi connectivity index (χ0) is 3.58. The molecule has 0 aliphatic heterocycles. The second kappa shape index (κ2) is 4.48. The molecule has 0 fully saturated rings. The van der Waals surface area contributed by atoms with Gasteiger partial charge in [0.1, 0.15) is 0 Å². The van der Waals surface area contributed by atoms with Crippen molar-refractivity contribution >= 4 is 20.6 Å². The van der Waals surface area contributed by atoms with Crippen LogP contribution in [0.2, 0.25) is 0 Å². The van der Waals surface area contributed by atoms with E-state index >= 15 is 0 Å². The third-order valence-corrected chi connectivity index (χ3v) is 0. The monoisotopic (exact) mass is 188 g/mol. The molecule has 0 aromatic carbocycles. The van der Waals surface area contributed by atoms with E-state index in [1.807, 2.05) is 0 Å². The van der Waals surface area contributed by atoms with Gasteiger partial charge in [0.05, 0.1) is 0 Å². The fourth-order valence-corrected chi connectivity index (χ4v) is 0. The van der Waals surface area contributed by atoms with Crippen molar-refractivity contribution in [3.63, 3.8) is 0 Å². The van der Waals surface area contributed by atoms with Crippen LogP contribution in [0.25, 0.3) is 0 Å². The molecule has 0 radical (unpaired) electrons. The molecule has 5 heteroatoms. The van der Waals surface area contributed by atoms with Crippen molar-refractivity contribution in [2.24, 2.45) is 0 Å². The molecule has 0 unspecified atom stereocenters. The summed E-state index contributed by atoms with van der Waals surface area (Å²) in [5, 5.41) is 0. The van der Waals surface area contributed by atoms with E-state index < -0.39 is 20.6 Å². The molecule has 0 saturated carbocycles. The first-order chi connectivity index (χ1) is 1.73. The van der Waals surface area contributed by atoms with Crippen molar-refractivity contribution in [1.29, 1.82) is 0 Å². The fourth-order valence-electron chi connectivity index (χ4n) is 0. The zero-order valence-corrected chi connectivity index (χ0v) is 5.16. The van der Waals surface area contributed by atoms with E-state index in [-0.39, 0.29) is 5.48 Å². The standard InChI is InChI=1S/3H2O.O.Sn/h3*1H2;;/q;;;;+2/p-2. The van der Waals surface area contributed by atoms with Gasteiger partial charge in [-0.2, -0.15) is 0 Å². The Hall–Kier alpha value is 0.479. The van der Waals surface area contributed by atoms with E-state index in [1.165, 1.54) is 0 Å². The first-order valence-electron chi connectivity index (χ1n) is 0.651. The summed E-state index contributed by atoms with van der Waals surface area (Å²) in [6, 6.07) is 0. The number of rotatable bonds is 0. The molecule has 0 amide bonds. The Morgan fingerprint density at radius 3 is 1.40 bits per heavy atom. The summed E-state index contributed by atoms with van der Waals surface area (Å²) in [6.07, 6.45) is 0. The van der Waals surface area contributed by atoms with Gasteiger partial charge >= 0.3 is 30.5 Å². The SMILES string of the molecule is O.[O]=[Sn]([OH])[OH].